The van der Waals surface area contributed by atoms with Crippen LogP contribution in [0.25, 0.3) is 10.9 Å². The summed E-state index contributed by atoms with van der Waals surface area (Å²) in [5, 5.41) is 5.15. The van der Waals surface area contributed by atoms with E-state index in [2.05, 4.69) is 20.0 Å². The van der Waals surface area contributed by atoms with Crippen LogP contribution in [0.3, 0.4) is 0 Å². The minimum atomic E-state index is -0.609. The summed E-state index contributed by atoms with van der Waals surface area (Å²) >= 11 is 1.17. The van der Waals surface area contributed by atoms with Crippen LogP contribution in [0.2, 0.25) is 0 Å². The van der Waals surface area contributed by atoms with E-state index < -0.39 is 24.5 Å². The largest absolute Gasteiger partial charge is 0.469 e. The first-order chi connectivity index (χ1) is 13.5. The fourth-order valence-electron chi connectivity index (χ4n) is 2.51. The van der Waals surface area contributed by atoms with Crippen LogP contribution in [-0.2, 0) is 25.5 Å². The molecule has 0 radical (unpaired) electrons. The lowest BCUT2D eigenvalue weighted by atomic mass is 10.1. The lowest BCUT2D eigenvalue weighted by Crippen LogP contribution is -2.21. The van der Waals surface area contributed by atoms with Gasteiger partial charge in [0.05, 0.1) is 30.3 Å². The van der Waals surface area contributed by atoms with Gasteiger partial charge in [-0.25, -0.2) is 9.78 Å². The molecular weight excluding hydrogens is 382 g/mol. The zero-order valence-corrected chi connectivity index (χ0v) is 16.0. The fourth-order valence-corrected chi connectivity index (χ4v) is 3.23. The van der Waals surface area contributed by atoms with Crippen molar-refractivity contribution < 1.29 is 23.9 Å². The molecule has 3 aromatic rings. The van der Waals surface area contributed by atoms with E-state index in [1.54, 1.807) is 36.6 Å². The van der Waals surface area contributed by atoms with Gasteiger partial charge >= 0.3 is 11.9 Å². The molecule has 0 aliphatic rings. The van der Waals surface area contributed by atoms with Crippen LogP contribution in [0.15, 0.2) is 35.7 Å². The standard InChI is InChI=1S/C19H17N3O5S/c1-11-7-14(13-5-3-4-6-15(13)20-11)18(25)27-9-16(23)22-19-21-12(10-28-19)8-17(24)26-2/h3-7,10H,8-9H2,1-2H3,(H,21,22,23). The molecule has 144 valence electrons. The van der Waals surface area contributed by atoms with Crippen LogP contribution in [0.4, 0.5) is 5.13 Å². The van der Waals surface area contributed by atoms with Gasteiger partial charge < -0.3 is 9.47 Å². The van der Waals surface area contributed by atoms with Crippen LogP contribution in [0.1, 0.15) is 21.7 Å². The van der Waals surface area contributed by atoms with E-state index >= 15 is 0 Å². The van der Waals surface area contributed by atoms with Gasteiger partial charge in [-0.1, -0.05) is 18.2 Å². The Labute approximate surface area is 164 Å². The summed E-state index contributed by atoms with van der Waals surface area (Å²) in [4.78, 5) is 44.2. The number of para-hydroxylation sites is 1. The highest BCUT2D eigenvalue weighted by atomic mass is 32.1. The molecule has 8 nitrogen and oxygen atoms in total. The molecule has 2 heterocycles. The number of hydrogen-bond donors (Lipinski definition) is 1. The average molecular weight is 399 g/mol. The van der Waals surface area contributed by atoms with Crippen LogP contribution in [-0.4, -0.2) is 41.5 Å². The van der Waals surface area contributed by atoms with Crippen LogP contribution >= 0.6 is 11.3 Å². The summed E-state index contributed by atoms with van der Waals surface area (Å²) in [6.45, 7) is 1.32. The Bertz CT molecular complexity index is 1050. The number of methoxy groups -OCH3 is 1. The van der Waals surface area contributed by atoms with Gasteiger partial charge in [0, 0.05) is 16.5 Å². The number of rotatable bonds is 6. The number of nitrogens with zero attached hydrogens (tertiary/aromatic N) is 2. The third kappa shape index (κ3) is 4.68. The summed E-state index contributed by atoms with van der Waals surface area (Å²) in [6, 6.07) is 8.84. The lowest BCUT2D eigenvalue weighted by molar-refractivity contribution is -0.139. The molecule has 0 saturated carbocycles. The molecule has 1 N–H and O–H groups in total. The van der Waals surface area contributed by atoms with Gasteiger partial charge in [-0.2, -0.15) is 0 Å². The molecule has 1 aromatic carbocycles. The van der Waals surface area contributed by atoms with Crippen molar-refractivity contribution in [3.05, 3.63) is 52.7 Å². The maximum absolute atomic E-state index is 12.4. The SMILES string of the molecule is COC(=O)Cc1csc(NC(=O)COC(=O)c2cc(C)nc3ccccc23)n1. The second-order valence-electron chi connectivity index (χ2n) is 5.85. The Hall–Kier alpha value is -3.33. The Morgan fingerprint density at radius 3 is 2.75 bits per heavy atom. The van der Waals surface area contributed by atoms with Crippen molar-refractivity contribution in [2.75, 3.05) is 19.0 Å². The Morgan fingerprint density at radius 1 is 1.18 bits per heavy atom. The van der Waals surface area contributed by atoms with Crippen LogP contribution < -0.4 is 5.32 Å². The zero-order valence-electron chi connectivity index (χ0n) is 15.2. The number of thiazole rings is 1. The van der Waals surface area contributed by atoms with Crippen LogP contribution in [0.5, 0.6) is 0 Å². The molecule has 0 spiro atoms. The maximum atomic E-state index is 12.4. The number of pyridine rings is 1. The number of ether oxygens (including phenoxy) is 2. The van der Waals surface area contributed by atoms with Gasteiger partial charge in [0.1, 0.15) is 0 Å². The molecular formula is C19H17N3O5S. The third-order valence-corrected chi connectivity index (χ3v) is 4.56. The maximum Gasteiger partial charge on any atom is 0.339 e. The second-order valence-corrected chi connectivity index (χ2v) is 6.71. The molecule has 1 amide bonds. The molecule has 0 saturated heterocycles. The highest BCUT2D eigenvalue weighted by Gasteiger charge is 2.16. The van der Waals surface area contributed by atoms with Crippen molar-refractivity contribution in [2.45, 2.75) is 13.3 Å². The predicted octanol–water partition coefficient (Wildman–Crippen LogP) is 2.51. The first kappa shape index (κ1) is 19.4. The predicted molar refractivity (Wildman–Crippen MR) is 103 cm³/mol. The molecule has 9 heteroatoms. The van der Waals surface area contributed by atoms with Crippen molar-refractivity contribution in [1.82, 2.24) is 9.97 Å². The summed E-state index contributed by atoms with van der Waals surface area (Å²) in [5.74, 6) is -1.55. The van der Waals surface area contributed by atoms with Gasteiger partial charge in [0.25, 0.3) is 5.91 Å². The Balaban J connectivity index is 1.61. The third-order valence-electron chi connectivity index (χ3n) is 3.75. The molecule has 28 heavy (non-hydrogen) atoms. The Kier molecular flexibility index (Phi) is 5.95. The minimum absolute atomic E-state index is 0.0202. The lowest BCUT2D eigenvalue weighted by Gasteiger charge is -2.08. The number of esters is 2. The van der Waals surface area contributed by atoms with Gasteiger partial charge in [-0.15, -0.1) is 11.3 Å². The summed E-state index contributed by atoms with van der Waals surface area (Å²) in [6.07, 6.45) is 0.0202. The number of benzene rings is 1. The van der Waals surface area contributed by atoms with Crippen molar-refractivity contribution >= 4 is 45.2 Å². The van der Waals surface area contributed by atoms with Crippen LogP contribution in [0, 0.1) is 6.92 Å². The first-order valence-corrected chi connectivity index (χ1v) is 9.19. The highest BCUT2D eigenvalue weighted by Crippen LogP contribution is 2.19. The van der Waals surface area contributed by atoms with E-state index in [9.17, 15) is 14.4 Å². The summed E-state index contributed by atoms with van der Waals surface area (Å²) in [7, 11) is 1.29. The van der Waals surface area contributed by atoms with Gasteiger partial charge in [0.15, 0.2) is 11.7 Å². The van der Waals surface area contributed by atoms with E-state index in [1.807, 2.05) is 6.07 Å². The molecule has 0 aliphatic heterocycles. The first-order valence-electron chi connectivity index (χ1n) is 8.31. The van der Waals surface area contributed by atoms with E-state index in [1.165, 1.54) is 18.4 Å². The number of anilines is 1. The molecule has 2 aromatic heterocycles. The number of hydrogen-bond acceptors (Lipinski definition) is 8. The topological polar surface area (TPSA) is 107 Å². The monoisotopic (exact) mass is 399 g/mol. The number of fused-ring (bicyclic) bond motifs is 1. The molecule has 0 bridgehead atoms. The molecule has 0 atom stereocenters. The quantitative estimate of drug-likeness (QED) is 0.635. The summed E-state index contributed by atoms with van der Waals surface area (Å²) in [5.41, 5.74) is 2.20. The average Bonchev–Trinajstić information content (AvgIpc) is 3.11. The van der Waals surface area contributed by atoms with Gasteiger partial charge in [-0.3, -0.25) is 19.9 Å². The number of aryl methyl sites for hydroxylation is 1. The van der Waals surface area contributed by atoms with Crippen molar-refractivity contribution in [3.63, 3.8) is 0 Å². The molecule has 0 fully saturated rings. The normalized spacial score (nSPS) is 10.5. The molecule has 0 unspecified atom stereocenters. The summed E-state index contributed by atoms with van der Waals surface area (Å²) < 4.78 is 9.70. The zero-order chi connectivity index (χ0) is 20.1. The number of nitrogens with one attached hydrogen (secondary N) is 1. The van der Waals surface area contributed by atoms with Crippen molar-refractivity contribution in [2.24, 2.45) is 0 Å². The number of carbonyl (C=O) groups is 3. The molecule has 0 aliphatic carbocycles. The molecule has 3 rings (SSSR count). The van der Waals surface area contributed by atoms with Gasteiger partial charge in [0.2, 0.25) is 0 Å². The van der Waals surface area contributed by atoms with E-state index in [0.717, 1.165) is 0 Å². The number of amides is 1. The Morgan fingerprint density at radius 2 is 1.96 bits per heavy atom. The minimum Gasteiger partial charge on any atom is -0.469 e. The highest BCUT2D eigenvalue weighted by molar-refractivity contribution is 7.13. The van der Waals surface area contributed by atoms with Crippen molar-refractivity contribution in [1.29, 1.82) is 0 Å². The smallest absolute Gasteiger partial charge is 0.339 e. The number of carbonyl (C=O) groups excluding carboxylic acids is 3. The fraction of sp³-hybridized carbons (Fsp3) is 0.211. The van der Waals surface area contributed by atoms with E-state index in [-0.39, 0.29) is 6.42 Å². The number of aromatic nitrogens is 2. The second kappa shape index (κ2) is 8.57. The van der Waals surface area contributed by atoms with Crippen molar-refractivity contribution in [3.8, 4) is 0 Å². The van der Waals surface area contributed by atoms with Gasteiger partial charge in [-0.05, 0) is 19.1 Å². The van der Waals surface area contributed by atoms with E-state index in [0.29, 0.717) is 33.0 Å². The van der Waals surface area contributed by atoms with E-state index in [4.69, 9.17) is 4.74 Å².